The summed E-state index contributed by atoms with van der Waals surface area (Å²) in [5.41, 5.74) is 1.27. The van der Waals surface area contributed by atoms with Crippen LogP contribution in [0.4, 0.5) is 13.2 Å². The van der Waals surface area contributed by atoms with E-state index in [4.69, 9.17) is 5.10 Å². The monoisotopic (exact) mass is 592 g/mol. The molecule has 1 aromatic carbocycles. The van der Waals surface area contributed by atoms with Crippen molar-refractivity contribution >= 4 is 18.3 Å². The third-order valence-electron chi connectivity index (χ3n) is 10.1. The number of amides is 1. The Kier molecular flexibility index (Phi) is 7.02. The lowest BCUT2D eigenvalue weighted by atomic mass is 9.38. The van der Waals surface area contributed by atoms with Crippen molar-refractivity contribution in [1.29, 1.82) is 0 Å². The van der Waals surface area contributed by atoms with Crippen LogP contribution < -0.4 is 10.6 Å². The fourth-order valence-electron chi connectivity index (χ4n) is 10.2. The summed E-state index contributed by atoms with van der Waals surface area (Å²) in [6.07, 6.45) is 4.83. The van der Waals surface area contributed by atoms with Crippen molar-refractivity contribution in [3.63, 3.8) is 0 Å². The molecule has 3 atom stereocenters. The van der Waals surface area contributed by atoms with Crippen LogP contribution in [0.2, 0.25) is 0 Å². The highest BCUT2D eigenvalue weighted by Gasteiger charge is 2.64. The minimum atomic E-state index is -4.39. The molecule has 4 aliphatic carbocycles. The smallest absolute Gasteiger partial charge is 0.349 e. The van der Waals surface area contributed by atoms with E-state index in [2.05, 4.69) is 52.2 Å². The molecule has 7 rings (SSSR count). The Morgan fingerprint density at radius 2 is 1.46 bits per heavy atom. The molecule has 4 saturated carbocycles. The van der Waals surface area contributed by atoms with Gasteiger partial charge in [0.2, 0.25) is 5.91 Å². The van der Waals surface area contributed by atoms with Crippen LogP contribution in [0.3, 0.4) is 0 Å². The van der Waals surface area contributed by atoms with Gasteiger partial charge >= 0.3 is 6.18 Å². The second-order valence-electron chi connectivity index (χ2n) is 15.8. The van der Waals surface area contributed by atoms with Gasteiger partial charge in [0.1, 0.15) is 0 Å². The predicted molar refractivity (Wildman–Crippen MR) is 156 cm³/mol. The Balaban J connectivity index is 0.00000337. The molecule has 2 heterocycles. The maximum Gasteiger partial charge on any atom is 0.416 e. The summed E-state index contributed by atoms with van der Waals surface area (Å²) in [6, 6.07) is 6.56. The first-order chi connectivity index (χ1) is 18.4. The minimum absolute atomic E-state index is 0. The van der Waals surface area contributed by atoms with Crippen LogP contribution >= 0.6 is 12.4 Å². The molecule has 1 unspecified atom stereocenters. The third-order valence-corrected chi connectivity index (χ3v) is 10.1. The first kappa shape index (κ1) is 30.4. The summed E-state index contributed by atoms with van der Waals surface area (Å²) >= 11 is 0. The quantitative estimate of drug-likeness (QED) is 0.386. The number of benzene rings is 1. The summed E-state index contributed by atoms with van der Waals surface area (Å²) in [7, 11) is 0. The van der Waals surface area contributed by atoms with Gasteiger partial charge in [0, 0.05) is 23.7 Å². The summed E-state index contributed by atoms with van der Waals surface area (Å²) < 4.78 is 41.7. The van der Waals surface area contributed by atoms with Crippen molar-refractivity contribution in [1.82, 2.24) is 20.4 Å². The van der Waals surface area contributed by atoms with Gasteiger partial charge in [0.05, 0.1) is 22.8 Å². The van der Waals surface area contributed by atoms with Crippen LogP contribution in [0.1, 0.15) is 115 Å². The molecule has 0 spiro atoms. The highest BCUT2D eigenvalue weighted by Crippen LogP contribution is 2.70. The number of halogens is 4. The molecule has 5 fully saturated rings. The van der Waals surface area contributed by atoms with E-state index in [9.17, 15) is 18.0 Å². The molecule has 1 saturated heterocycles. The summed E-state index contributed by atoms with van der Waals surface area (Å²) in [4.78, 5) is 14.0. The molecule has 41 heavy (non-hydrogen) atoms. The normalized spacial score (nSPS) is 38.1. The number of nitrogens with zero attached hydrogens (tertiary/aromatic N) is 2. The molecular formula is C32H44ClF3N4O. The van der Waals surface area contributed by atoms with E-state index < -0.39 is 17.8 Å². The zero-order chi connectivity index (χ0) is 28.9. The minimum Gasteiger partial charge on any atom is -0.349 e. The predicted octanol–water partition coefficient (Wildman–Crippen LogP) is 7.52. The lowest BCUT2D eigenvalue weighted by Crippen LogP contribution is -2.68. The number of hydrogen-bond donors (Lipinski definition) is 2. The number of alkyl halides is 3. The van der Waals surface area contributed by atoms with E-state index in [-0.39, 0.29) is 57.6 Å². The molecule has 1 aromatic heterocycles. The lowest BCUT2D eigenvalue weighted by Gasteiger charge is -2.69. The Morgan fingerprint density at radius 1 is 0.927 bits per heavy atom. The maximum absolute atomic E-state index is 14.0. The number of nitrogens with one attached hydrogen (secondary N) is 2. The molecule has 1 aliphatic heterocycles. The zero-order valence-electron chi connectivity index (χ0n) is 25.0. The second-order valence-corrected chi connectivity index (χ2v) is 15.8. The molecule has 4 bridgehead atoms. The van der Waals surface area contributed by atoms with Crippen molar-refractivity contribution in [3.8, 4) is 0 Å². The van der Waals surface area contributed by atoms with Gasteiger partial charge in [-0.05, 0) is 106 Å². The molecular weight excluding hydrogens is 549 g/mol. The van der Waals surface area contributed by atoms with Gasteiger partial charge < -0.3 is 5.32 Å². The summed E-state index contributed by atoms with van der Waals surface area (Å²) in [6.45, 7) is 13.4. The Labute approximate surface area is 247 Å². The number of hydrogen-bond acceptors (Lipinski definition) is 3. The largest absolute Gasteiger partial charge is 0.416 e. The first-order valence-electron chi connectivity index (χ1n) is 14.7. The van der Waals surface area contributed by atoms with Crippen molar-refractivity contribution in [2.75, 3.05) is 0 Å². The topological polar surface area (TPSA) is 59.0 Å². The van der Waals surface area contributed by atoms with E-state index in [0.717, 1.165) is 42.7 Å². The Bertz CT molecular complexity index is 1260. The number of aromatic nitrogens is 2. The lowest BCUT2D eigenvalue weighted by molar-refractivity contribution is -0.164. The van der Waals surface area contributed by atoms with E-state index in [0.29, 0.717) is 6.42 Å². The van der Waals surface area contributed by atoms with Crippen LogP contribution in [0.15, 0.2) is 36.5 Å². The highest BCUT2D eigenvalue weighted by molar-refractivity contribution is 5.85. The van der Waals surface area contributed by atoms with Gasteiger partial charge in [0.15, 0.2) is 0 Å². The fraction of sp³-hybridized carbons (Fsp3) is 0.688. The van der Waals surface area contributed by atoms with E-state index >= 15 is 0 Å². The van der Waals surface area contributed by atoms with Crippen LogP contribution in [-0.4, -0.2) is 27.3 Å². The Morgan fingerprint density at radius 3 is 1.93 bits per heavy atom. The standard InChI is InChI=1S/C32H43F3N4O.ClH/c1-27(2,3)39-12-11-23(38-39)22-13-24(36-25(22)20-7-9-21(10-8-20)32(33,34)35)26(40)37-31-17-28(4)14-29(5,18-31)16-30(6,15-28)19-31;/h7-12,22,24-25,36H,13-19H2,1-6H3,(H,37,40);1H/t22?,24-,25-,28?,29?,30?,31?;/m0./s1. The molecule has 5 nitrogen and oxygen atoms in total. The van der Waals surface area contributed by atoms with Crippen LogP contribution in [0.25, 0.3) is 0 Å². The van der Waals surface area contributed by atoms with Crippen molar-refractivity contribution in [2.24, 2.45) is 16.2 Å². The molecule has 0 radical (unpaired) electrons. The molecule has 9 heteroatoms. The third kappa shape index (κ3) is 5.55. The average Bonchev–Trinajstić information content (AvgIpc) is 3.42. The first-order valence-corrected chi connectivity index (χ1v) is 14.7. The maximum atomic E-state index is 14.0. The van der Waals surface area contributed by atoms with Gasteiger partial charge in [0.25, 0.3) is 0 Å². The number of carbonyl (C=O) groups excluding carboxylic acids is 1. The SMILES string of the molecule is CC12CC3(C)CC(C)(C1)CC(NC(=O)[C@@H]1CC(c4ccn(C(C)(C)C)n4)[C@H](c4ccc(C(F)(F)F)cc4)N1)(C2)C3.Cl. The second kappa shape index (κ2) is 9.47. The van der Waals surface area contributed by atoms with Gasteiger partial charge in [-0.2, -0.15) is 18.3 Å². The van der Waals surface area contributed by atoms with Gasteiger partial charge in [-0.25, -0.2) is 0 Å². The number of rotatable bonds is 4. The number of carbonyl (C=O) groups is 1. The van der Waals surface area contributed by atoms with E-state index in [1.165, 1.54) is 31.4 Å². The van der Waals surface area contributed by atoms with E-state index in [1.807, 2.05) is 16.9 Å². The van der Waals surface area contributed by atoms with Gasteiger partial charge in [-0.1, -0.05) is 32.9 Å². The molecule has 1 amide bonds. The van der Waals surface area contributed by atoms with Gasteiger partial charge in [-0.15, -0.1) is 12.4 Å². The van der Waals surface area contributed by atoms with E-state index in [1.54, 1.807) is 0 Å². The van der Waals surface area contributed by atoms with Gasteiger partial charge in [-0.3, -0.25) is 14.8 Å². The summed E-state index contributed by atoms with van der Waals surface area (Å²) in [5, 5.41) is 12.0. The van der Waals surface area contributed by atoms with Crippen LogP contribution in [-0.2, 0) is 16.5 Å². The van der Waals surface area contributed by atoms with Crippen LogP contribution in [0, 0.1) is 16.2 Å². The molecule has 2 aromatic rings. The average molecular weight is 593 g/mol. The Hall–Kier alpha value is -2.06. The van der Waals surface area contributed by atoms with Crippen molar-refractivity contribution in [3.05, 3.63) is 53.3 Å². The fourth-order valence-corrected chi connectivity index (χ4v) is 10.2. The molecule has 5 aliphatic rings. The van der Waals surface area contributed by atoms with Crippen molar-refractivity contribution < 1.29 is 18.0 Å². The van der Waals surface area contributed by atoms with Crippen molar-refractivity contribution in [2.45, 2.75) is 122 Å². The molecule has 226 valence electrons. The molecule has 2 N–H and O–H groups in total. The summed E-state index contributed by atoms with van der Waals surface area (Å²) in [5.74, 6) is -0.132. The zero-order valence-corrected chi connectivity index (χ0v) is 25.8. The van der Waals surface area contributed by atoms with Crippen LogP contribution in [0.5, 0.6) is 0 Å². The highest BCUT2D eigenvalue weighted by atomic mass is 35.5.